The molecule has 0 aliphatic carbocycles. The van der Waals surface area contributed by atoms with Crippen LogP contribution in [0.4, 0.5) is 11.4 Å². The van der Waals surface area contributed by atoms with E-state index in [1.54, 1.807) is 12.1 Å². The first-order chi connectivity index (χ1) is 11.9. The van der Waals surface area contributed by atoms with Gasteiger partial charge in [0, 0.05) is 44.7 Å². The third-order valence-electron chi connectivity index (χ3n) is 4.51. The average molecular weight is 348 g/mol. The van der Waals surface area contributed by atoms with Gasteiger partial charge in [-0.25, -0.2) is 0 Å². The van der Waals surface area contributed by atoms with Crippen LogP contribution in [0.25, 0.3) is 0 Å². The van der Waals surface area contributed by atoms with Crippen LogP contribution in [0.2, 0.25) is 0 Å². The molecule has 138 valence electrons. The Balaban J connectivity index is 1.94. The van der Waals surface area contributed by atoms with Crippen LogP contribution in [0.1, 0.15) is 12.5 Å². The van der Waals surface area contributed by atoms with E-state index in [9.17, 15) is 9.59 Å². The summed E-state index contributed by atoms with van der Waals surface area (Å²) in [5.74, 6) is -0.216. The monoisotopic (exact) mass is 348 g/mol. The summed E-state index contributed by atoms with van der Waals surface area (Å²) >= 11 is 0. The van der Waals surface area contributed by atoms with Crippen molar-refractivity contribution in [3.63, 3.8) is 0 Å². The van der Waals surface area contributed by atoms with Gasteiger partial charge in [-0.1, -0.05) is 0 Å². The largest absolute Gasteiger partial charge is 0.375 e. The fourth-order valence-electron chi connectivity index (χ4n) is 2.82. The number of nitrogens with zero attached hydrogens (tertiary/aromatic N) is 2. The highest BCUT2D eigenvalue weighted by Gasteiger charge is 2.24. The molecule has 0 radical (unpaired) electrons. The number of amides is 2. The lowest BCUT2D eigenvalue weighted by Gasteiger charge is -2.35. The van der Waals surface area contributed by atoms with Crippen molar-refractivity contribution in [3.8, 4) is 0 Å². The molecule has 1 unspecified atom stereocenters. The van der Waals surface area contributed by atoms with Gasteiger partial charge in [0.15, 0.2) is 0 Å². The van der Waals surface area contributed by atoms with E-state index < -0.39 is 0 Å². The number of methoxy groups -OCH3 is 1. The number of likely N-dealkylation sites (N-methyl/N-ethyl adjacent to an activating group) is 1. The molecule has 0 bridgehead atoms. The summed E-state index contributed by atoms with van der Waals surface area (Å²) in [6.45, 7) is 7.59. The Kier molecular flexibility index (Phi) is 6.92. The number of piperazine rings is 1. The summed E-state index contributed by atoms with van der Waals surface area (Å²) in [5.41, 5.74) is 2.33. The van der Waals surface area contributed by atoms with Gasteiger partial charge in [0.25, 0.3) is 0 Å². The van der Waals surface area contributed by atoms with E-state index in [1.165, 1.54) is 7.11 Å². The first-order valence-electron chi connectivity index (χ1n) is 8.53. The molecule has 1 saturated heterocycles. The van der Waals surface area contributed by atoms with Gasteiger partial charge in [0.05, 0.1) is 6.04 Å². The zero-order valence-electron chi connectivity index (χ0n) is 15.5. The van der Waals surface area contributed by atoms with E-state index in [4.69, 9.17) is 4.74 Å². The predicted octanol–water partition coefficient (Wildman–Crippen LogP) is 1.15. The van der Waals surface area contributed by atoms with Crippen molar-refractivity contribution in [2.75, 3.05) is 57.6 Å². The Morgan fingerprint density at radius 2 is 1.88 bits per heavy atom. The van der Waals surface area contributed by atoms with Crippen LogP contribution < -0.4 is 10.6 Å². The zero-order chi connectivity index (χ0) is 18.4. The normalized spacial score (nSPS) is 17.1. The highest BCUT2D eigenvalue weighted by Crippen LogP contribution is 2.20. The van der Waals surface area contributed by atoms with Gasteiger partial charge in [-0.2, -0.15) is 0 Å². The van der Waals surface area contributed by atoms with Crippen molar-refractivity contribution in [2.45, 2.75) is 19.9 Å². The second kappa shape index (κ2) is 8.94. The summed E-state index contributed by atoms with van der Waals surface area (Å²) in [6.07, 6.45) is 0. The van der Waals surface area contributed by atoms with Crippen molar-refractivity contribution in [1.82, 2.24) is 9.80 Å². The van der Waals surface area contributed by atoms with E-state index in [2.05, 4.69) is 27.5 Å². The van der Waals surface area contributed by atoms with Crippen molar-refractivity contribution in [3.05, 3.63) is 23.8 Å². The van der Waals surface area contributed by atoms with E-state index in [-0.39, 0.29) is 24.5 Å². The molecule has 1 heterocycles. The Morgan fingerprint density at radius 1 is 1.20 bits per heavy atom. The third kappa shape index (κ3) is 5.52. The number of nitrogens with one attached hydrogen (secondary N) is 2. The Bertz CT molecular complexity index is 612. The van der Waals surface area contributed by atoms with Gasteiger partial charge in [0.1, 0.15) is 6.61 Å². The zero-order valence-corrected chi connectivity index (χ0v) is 15.5. The first kappa shape index (κ1) is 19.4. The summed E-state index contributed by atoms with van der Waals surface area (Å²) in [5, 5.41) is 5.75. The van der Waals surface area contributed by atoms with Gasteiger partial charge >= 0.3 is 0 Å². The molecule has 1 aromatic carbocycles. The molecule has 1 aliphatic rings. The number of aryl methyl sites for hydroxylation is 1. The van der Waals surface area contributed by atoms with Crippen LogP contribution in [0.5, 0.6) is 0 Å². The first-order valence-corrected chi connectivity index (χ1v) is 8.53. The van der Waals surface area contributed by atoms with Gasteiger partial charge in [-0.15, -0.1) is 0 Å². The van der Waals surface area contributed by atoms with Crippen molar-refractivity contribution in [1.29, 1.82) is 0 Å². The van der Waals surface area contributed by atoms with Crippen LogP contribution in [0, 0.1) is 6.92 Å². The van der Waals surface area contributed by atoms with Gasteiger partial charge in [-0.05, 0) is 44.7 Å². The molecule has 1 aromatic rings. The van der Waals surface area contributed by atoms with Crippen LogP contribution in [0.3, 0.4) is 0 Å². The van der Waals surface area contributed by atoms with Crippen LogP contribution in [-0.4, -0.2) is 74.6 Å². The number of rotatable bonds is 6. The number of hydrogen-bond donors (Lipinski definition) is 2. The number of ether oxygens (including phenoxy) is 1. The predicted molar refractivity (Wildman–Crippen MR) is 98.8 cm³/mol. The average Bonchev–Trinajstić information content (AvgIpc) is 2.57. The summed E-state index contributed by atoms with van der Waals surface area (Å²) in [7, 11) is 3.57. The quantitative estimate of drug-likeness (QED) is 0.807. The molecule has 7 heteroatoms. The number of hydrogen-bond acceptors (Lipinski definition) is 5. The lowest BCUT2D eigenvalue weighted by Crippen LogP contribution is -2.51. The highest BCUT2D eigenvalue weighted by molar-refractivity contribution is 5.96. The molecule has 2 amide bonds. The molecule has 7 nitrogen and oxygen atoms in total. The fraction of sp³-hybridized carbons (Fsp3) is 0.556. The second-order valence-electron chi connectivity index (χ2n) is 6.52. The molecule has 1 aliphatic heterocycles. The minimum Gasteiger partial charge on any atom is -0.375 e. The maximum atomic E-state index is 12.5. The smallest absolute Gasteiger partial charge is 0.250 e. The van der Waals surface area contributed by atoms with Crippen LogP contribution in [0.15, 0.2) is 18.2 Å². The summed E-state index contributed by atoms with van der Waals surface area (Å²) in [4.78, 5) is 28.6. The molecular weight excluding hydrogens is 320 g/mol. The Morgan fingerprint density at radius 3 is 2.48 bits per heavy atom. The van der Waals surface area contributed by atoms with E-state index in [0.29, 0.717) is 5.69 Å². The van der Waals surface area contributed by atoms with Crippen molar-refractivity contribution >= 4 is 23.2 Å². The summed E-state index contributed by atoms with van der Waals surface area (Å²) < 4.78 is 4.81. The second-order valence-corrected chi connectivity index (χ2v) is 6.52. The van der Waals surface area contributed by atoms with E-state index >= 15 is 0 Å². The number of anilines is 2. The minimum absolute atomic E-state index is 0.0138. The third-order valence-corrected chi connectivity index (χ3v) is 4.51. The molecule has 1 fully saturated rings. The molecule has 0 saturated carbocycles. The van der Waals surface area contributed by atoms with E-state index in [0.717, 1.165) is 37.4 Å². The standard InChI is InChI=1S/C18H28N4O3/c1-13-11-15(5-6-16(13)20-17(23)12-25-4)19-18(24)14(2)22-9-7-21(3)8-10-22/h5-6,11,14H,7-10,12H2,1-4H3,(H,19,24)(H,20,23). The van der Waals surface area contributed by atoms with Gasteiger partial charge in [0.2, 0.25) is 11.8 Å². The van der Waals surface area contributed by atoms with Crippen molar-refractivity contribution in [2.24, 2.45) is 0 Å². The maximum absolute atomic E-state index is 12.5. The number of carbonyl (C=O) groups is 2. The molecular formula is C18H28N4O3. The molecule has 2 rings (SSSR count). The van der Waals surface area contributed by atoms with Crippen LogP contribution >= 0.6 is 0 Å². The van der Waals surface area contributed by atoms with Gasteiger partial charge < -0.3 is 20.3 Å². The summed E-state index contributed by atoms with van der Waals surface area (Å²) in [6, 6.07) is 5.27. The number of benzene rings is 1. The van der Waals surface area contributed by atoms with Crippen molar-refractivity contribution < 1.29 is 14.3 Å². The maximum Gasteiger partial charge on any atom is 0.250 e. The number of carbonyl (C=O) groups excluding carboxylic acids is 2. The SMILES string of the molecule is COCC(=O)Nc1ccc(NC(=O)C(C)N2CCN(C)CC2)cc1C. The van der Waals surface area contributed by atoms with E-state index in [1.807, 2.05) is 19.9 Å². The lowest BCUT2D eigenvalue weighted by atomic mass is 10.1. The molecule has 25 heavy (non-hydrogen) atoms. The van der Waals surface area contributed by atoms with Gasteiger partial charge in [-0.3, -0.25) is 14.5 Å². The minimum atomic E-state index is -0.203. The Hall–Kier alpha value is -1.96. The topological polar surface area (TPSA) is 73.9 Å². The molecule has 0 aromatic heterocycles. The molecule has 2 N–H and O–H groups in total. The highest BCUT2D eigenvalue weighted by atomic mass is 16.5. The molecule has 1 atom stereocenters. The van der Waals surface area contributed by atoms with Crippen LogP contribution in [-0.2, 0) is 14.3 Å². The fourth-order valence-corrected chi connectivity index (χ4v) is 2.82. The molecule has 0 spiro atoms. The lowest BCUT2D eigenvalue weighted by molar-refractivity contribution is -0.121. The Labute approximate surface area is 149 Å².